The van der Waals surface area contributed by atoms with Crippen LogP contribution in [0.5, 0.6) is 0 Å². The second-order valence-corrected chi connectivity index (χ2v) is 4.97. The molecule has 130 valence electrons. The molecule has 2 aromatic rings. The van der Waals surface area contributed by atoms with Gasteiger partial charge in [0, 0.05) is 31.0 Å². The Morgan fingerprint density at radius 2 is 2.04 bits per heavy atom. The van der Waals surface area contributed by atoms with E-state index in [1.54, 1.807) is 6.20 Å². The van der Waals surface area contributed by atoms with Crippen molar-refractivity contribution in [2.45, 2.75) is 19.9 Å². The minimum absolute atomic E-state index is 0. The fourth-order valence-corrected chi connectivity index (χ4v) is 2.04. The van der Waals surface area contributed by atoms with E-state index in [9.17, 15) is 8.78 Å². The van der Waals surface area contributed by atoms with Gasteiger partial charge in [0.05, 0.1) is 6.54 Å². The lowest BCUT2D eigenvalue weighted by Crippen LogP contribution is -2.38. The summed E-state index contributed by atoms with van der Waals surface area (Å²) in [5, 5.41) is 6.25. The van der Waals surface area contributed by atoms with Crippen molar-refractivity contribution >= 4 is 29.9 Å². The highest BCUT2D eigenvalue weighted by molar-refractivity contribution is 14.0. The second-order valence-electron chi connectivity index (χ2n) is 4.97. The lowest BCUT2D eigenvalue weighted by molar-refractivity contribution is 0.585. The maximum absolute atomic E-state index is 13.6. The van der Waals surface area contributed by atoms with E-state index in [2.05, 4.69) is 20.6 Å². The van der Waals surface area contributed by atoms with Gasteiger partial charge in [-0.05, 0) is 43.2 Å². The molecule has 2 N–H and O–H groups in total. The first kappa shape index (κ1) is 20.3. The van der Waals surface area contributed by atoms with E-state index in [0.717, 1.165) is 30.2 Å². The molecule has 0 unspecified atom stereocenters. The summed E-state index contributed by atoms with van der Waals surface area (Å²) in [6, 6.07) is 7.27. The van der Waals surface area contributed by atoms with Crippen molar-refractivity contribution < 1.29 is 8.78 Å². The summed E-state index contributed by atoms with van der Waals surface area (Å²) in [7, 11) is 0. The van der Waals surface area contributed by atoms with Gasteiger partial charge in [-0.15, -0.1) is 24.0 Å². The molecule has 0 atom stereocenters. The summed E-state index contributed by atoms with van der Waals surface area (Å²) in [6.45, 7) is 3.38. The first-order valence-corrected chi connectivity index (χ1v) is 7.54. The Hall–Kier alpha value is -1.77. The van der Waals surface area contributed by atoms with Gasteiger partial charge in [-0.2, -0.15) is 0 Å². The molecular weight excluding hydrogens is 425 g/mol. The molecular formula is C17H21F2IN4. The molecule has 0 amide bonds. The Balaban J connectivity index is 0.00000288. The van der Waals surface area contributed by atoms with Gasteiger partial charge in [0.1, 0.15) is 11.6 Å². The van der Waals surface area contributed by atoms with E-state index in [1.165, 1.54) is 0 Å². The van der Waals surface area contributed by atoms with Crippen LogP contribution in [0.15, 0.2) is 47.7 Å². The summed E-state index contributed by atoms with van der Waals surface area (Å²) in [5.74, 6) is -0.354. The predicted molar refractivity (Wildman–Crippen MR) is 103 cm³/mol. The molecule has 1 heterocycles. The van der Waals surface area contributed by atoms with Crippen molar-refractivity contribution in [3.05, 3.63) is 65.5 Å². The molecule has 0 aliphatic rings. The third kappa shape index (κ3) is 6.77. The summed E-state index contributed by atoms with van der Waals surface area (Å²) in [6.07, 6.45) is 4.34. The average molecular weight is 446 g/mol. The maximum atomic E-state index is 13.6. The number of hydrogen-bond donors (Lipinski definition) is 2. The van der Waals surface area contributed by atoms with Gasteiger partial charge in [-0.1, -0.05) is 6.07 Å². The van der Waals surface area contributed by atoms with Crippen molar-refractivity contribution in [2.24, 2.45) is 4.99 Å². The molecule has 0 saturated heterocycles. The normalized spacial score (nSPS) is 10.9. The molecule has 0 spiro atoms. The number of guanidine groups is 1. The fraction of sp³-hybridized carbons (Fsp3) is 0.294. The van der Waals surface area contributed by atoms with Gasteiger partial charge in [0.2, 0.25) is 0 Å². The average Bonchev–Trinajstić information content (AvgIpc) is 2.56. The summed E-state index contributed by atoms with van der Waals surface area (Å²) < 4.78 is 26.8. The molecule has 7 heteroatoms. The quantitative estimate of drug-likeness (QED) is 0.407. The van der Waals surface area contributed by atoms with Crippen LogP contribution in [0.1, 0.15) is 18.1 Å². The summed E-state index contributed by atoms with van der Waals surface area (Å²) in [4.78, 5) is 8.35. The van der Waals surface area contributed by atoms with Crippen LogP contribution in [0.3, 0.4) is 0 Å². The third-order valence-electron chi connectivity index (χ3n) is 3.19. The lowest BCUT2D eigenvalue weighted by Gasteiger charge is -2.11. The molecule has 2 rings (SSSR count). The number of nitrogens with one attached hydrogen (secondary N) is 2. The Labute approximate surface area is 157 Å². The number of pyridine rings is 1. The van der Waals surface area contributed by atoms with Gasteiger partial charge < -0.3 is 10.6 Å². The Bertz CT molecular complexity index is 650. The van der Waals surface area contributed by atoms with E-state index in [4.69, 9.17) is 0 Å². The fourth-order valence-electron chi connectivity index (χ4n) is 2.04. The lowest BCUT2D eigenvalue weighted by atomic mass is 10.2. The molecule has 4 nitrogen and oxygen atoms in total. The van der Waals surface area contributed by atoms with Crippen LogP contribution >= 0.6 is 24.0 Å². The maximum Gasteiger partial charge on any atom is 0.191 e. The van der Waals surface area contributed by atoms with Crippen LogP contribution in [-0.4, -0.2) is 24.0 Å². The zero-order chi connectivity index (χ0) is 16.5. The van der Waals surface area contributed by atoms with Crippen molar-refractivity contribution in [3.63, 3.8) is 0 Å². The standard InChI is InChI=1S/C17H20F2N4.HI/c1-2-21-17(22-9-7-13-4-3-8-20-11-13)23-12-14-10-15(18)5-6-16(14)19;/h3-6,8,10-11H,2,7,9,12H2,1H3,(H2,21,22,23);1H. The molecule has 0 aliphatic heterocycles. The SMILES string of the molecule is CCNC(=NCc1cc(F)ccc1F)NCCc1cccnc1.I. The van der Waals surface area contributed by atoms with Gasteiger partial charge in [0.25, 0.3) is 0 Å². The van der Waals surface area contributed by atoms with E-state index in [-0.39, 0.29) is 36.1 Å². The van der Waals surface area contributed by atoms with Crippen molar-refractivity contribution in [1.29, 1.82) is 0 Å². The minimum Gasteiger partial charge on any atom is -0.357 e. The number of aliphatic imine (C=N–C) groups is 1. The second kappa shape index (κ2) is 10.9. The molecule has 0 aliphatic carbocycles. The van der Waals surface area contributed by atoms with Crippen LogP contribution in [-0.2, 0) is 13.0 Å². The van der Waals surface area contributed by atoms with Crippen LogP contribution in [0.4, 0.5) is 8.78 Å². The number of aromatic nitrogens is 1. The third-order valence-corrected chi connectivity index (χ3v) is 3.19. The van der Waals surface area contributed by atoms with Gasteiger partial charge in [-0.3, -0.25) is 4.98 Å². The highest BCUT2D eigenvalue weighted by Gasteiger charge is 2.04. The van der Waals surface area contributed by atoms with Crippen LogP contribution < -0.4 is 10.6 Å². The smallest absolute Gasteiger partial charge is 0.191 e. The Morgan fingerprint density at radius 1 is 1.21 bits per heavy atom. The number of halogens is 3. The predicted octanol–water partition coefficient (Wildman–Crippen LogP) is 3.28. The number of nitrogens with zero attached hydrogens (tertiary/aromatic N) is 2. The van der Waals surface area contributed by atoms with E-state index >= 15 is 0 Å². The zero-order valence-corrected chi connectivity index (χ0v) is 15.8. The van der Waals surface area contributed by atoms with Gasteiger partial charge in [-0.25, -0.2) is 13.8 Å². The van der Waals surface area contributed by atoms with Crippen LogP contribution in [0.2, 0.25) is 0 Å². The van der Waals surface area contributed by atoms with E-state index < -0.39 is 11.6 Å². The highest BCUT2D eigenvalue weighted by atomic mass is 127. The summed E-state index contributed by atoms with van der Waals surface area (Å²) in [5.41, 5.74) is 1.35. The molecule has 0 saturated carbocycles. The first-order valence-electron chi connectivity index (χ1n) is 7.54. The molecule has 1 aromatic carbocycles. The minimum atomic E-state index is -0.467. The number of hydrogen-bond acceptors (Lipinski definition) is 2. The topological polar surface area (TPSA) is 49.3 Å². The molecule has 24 heavy (non-hydrogen) atoms. The van der Waals surface area contributed by atoms with Crippen molar-refractivity contribution in [2.75, 3.05) is 13.1 Å². The largest absolute Gasteiger partial charge is 0.357 e. The van der Waals surface area contributed by atoms with Gasteiger partial charge in [0.15, 0.2) is 5.96 Å². The summed E-state index contributed by atoms with van der Waals surface area (Å²) >= 11 is 0. The van der Waals surface area contributed by atoms with E-state index in [0.29, 0.717) is 19.0 Å². The van der Waals surface area contributed by atoms with Crippen LogP contribution in [0.25, 0.3) is 0 Å². The van der Waals surface area contributed by atoms with Gasteiger partial charge >= 0.3 is 0 Å². The molecule has 0 radical (unpaired) electrons. The zero-order valence-electron chi connectivity index (χ0n) is 13.4. The molecule has 0 fully saturated rings. The Morgan fingerprint density at radius 3 is 2.75 bits per heavy atom. The number of rotatable bonds is 6. The highest BCUT2D eigenvalue weighted by Crippen LogP contribution is 2.10. The molecule has 0 bridgehead atoms. The van der Waals surface area contributed by atoms with Crippen molar-refractivity contribution in [3.8, 4) is 0 Å². The monoisotopic (exact) mass is 446 g/mol. The van der Waals surface area contributed by atoms with Crippen LogP contribution in [0, 0.1) is 11.6 Å². The van der Waals surface area contributed by atoms with E-state index in [1.807, 2.05) is 25.3 Å². The number of benzene rings is 1. The first-order chi connectivity index (χ1) is 11.2. The Kier molecular flexibility index (Phi) is 9.21. The molecule has 1 aromatic heterocycles. The van der Waals surface area contributed by atoms with Crippen molar-refractivity contribution in [1.82, 2.24) is 15.6 Å².